The van der Waals surface area contributed by atoms with Gasteiger partial charge in [0.05, 0.1) is 7.11 Å². The number of hydrogen-bond acceptors (Lipinski definition) is 2. The van der Waals surface area contributed by atoms with Crippen molar-refractivity contribution in [3.63, 3.8) is 0 Å². The predicted molar refractivity (Wildman–Crippen MR) is 62.8 cm³/mol. The summed E-state index contributed by atoms with van der Waals surface area (Å²) in [5, 5.41) is 6.24. The molecular weight excluding hydrogens is 215 g/mol. The van der Waals surface area contributed by atoms with E-state index in [2.05, 4.69) is 10.6 Å². The lowest BCUT2D eigenvalue weighted by atomic mass is 10.3. The van der Waals surface area contributed by atoms with Crippen LogP contribution < -0.4 is 15.4 Å². The Balaban J connectivity index is 2.71. The van der Waals surface area contributed by atoms with E-state index in [1.54, 1.807) is 12.1 Å². The highest BCUT2D eigenvalue weighted by Gasteiger charge is 2.03. The summed E-state index contributed by atoms with van der Waals surface area (Å²) >= 11 is 4.96. The summed E-state index contributed by atoms with van der Waals surface area (Å²) in [5.74, 6) is -0.197. The number of hydrogen-bond donors (Lipinski definition) is 2. The van der Waals surface area contributed by atoms with Crippen molar-refractivity contribution in [1.82, 2.24) is 5.32 Å². The van der Waals surface area contributed by atoms with Gasteiger partial charge in [0.1, 0.15) is 0 Å². The minimum Gasteiger partial charge on any atom is -0.494 e. The molecule has 0 radical (unpaired) electrons. The smallest absolute Gasteiger partial charge is 0.170 e. The van der Waals surface area contributed by atoms with E-state index in [1.807, 2.05) is 6.92 Å². The molecule has 0 spiro atoms. The van der Waals surface area contributed by atoms with Gasteiger partial charge in [-0.1, -0.05) is 0 Å². The van der Waals surface area contributed by atoms with Gasteiger partial charge in [-0.2, -0.15) is 0 Å². The highest BCUT2D eigenvalue weighted by atomic mass is 32.1. The van der Waals surface area contributed by atoms with Crippen LogP contribution in [0.25, 0.3) is 0 Å². The first-order valence-electron chi connectivity index (χ1n) is 4.55. The van der Waals surface area contributed by atoms with Gasteiger partial charge in [0.25, 0.3) is 0 Å². The second kappa shape index (κ2) is 5.50. The van der Waals surface area contributed by atoms with Crippen LogP contribution in [0.3, 0.4) is 0 Å². The number of thiocarbonyl (C=S) groups is 1. The Morgan fingerprint density at radius 1 is 1.53 bits per heavy atom. The van der Waals surface area contributed by atoms with Crippen LogP contribution in [0.5, 0.6) is 5.75 Å². The molecule has 0 heterocycles. The van der Waals surface area contributed by atoms with Gasteiger partial charge in [0.15, 0.2) is 16.7 Å². The largest absolute Gasteiger partial charge is 0.494 e. The number of benzene rings is 1. The maximum absolute atomic E-state index is 13.3. The van der Waals surface area contributed by atoms with Crippen LogP contribution in [0.1, 0.15) is 6.92 Å². The molecular formula is C10H13FN2OS. The Morgan fingerprint density at radius 2 is 2.27 bits per heavy atom. The lowest BCUT2D eigenvalue weighted by Gasteiger charge is -2.09. The average Bonchev–Trinajstić information content (AvgIpc) is 2.18. The van der Waals surface area contributed by atoms with Crippen LogP contribution in [0.4, 0.5) is 10.1 Å². The van der Waals surface area contributed by atoms with Gasteiger partial charge in [-0.15, -0.1) is 0 Å². The van der Waals surface area contributed by atoms with Crippen molar-refractivity contribution in [2.45, 2.75) is 6.92 Å². The standard InChI is InChI=1S/C10H13FN2OS/c1-3-12-10(15)13-7-4-5-9(14-2)8(11)6-7/h4-6H,3H2,1-2H3,(H2,12,13,15). The number of anilines is 1. The number of methoxy groups -OCH3 is 1. The lowest BCUT2D eigenvalue weighted by Crippen LogP contribution is -2.27. The van der Waals surface area contributed by atoms with E-state index in [-0.39, 0.29) is 5.75 Å². The van der Waals surface area contributed by atoms with E-state index in [1.165, 1.54) is 13.2 Å². The van der Waals surface area contributed by atoms with Gasteiger partial charge in [-0.25, -0.2) is 4.39 Å². The van der Waals surface area contributed by atoms with E-state index in [4.69, 9.17) is 17.0 Å². The van der Waals surface area contributed by atoms with E-state index in [9.17, 15) is 4.39 Å². The quantitative estimate of drug-likeness (QED) is 0.777. The summed E-state index contributed by atoms with van der Waals surface area (Å²) in [6.07, 6.45) is 0. The lowest BCUT2D eigenvalue weighted by molar-refractivity contribution is 0.387. The Labute approximate surface area is 93.6 Å². The highest BCUT2D eigenvalue weighted by molar-refractivity contribution is 7.80. The van der Waals surface area contributed by atoms with E-state index in [0.29, 0.717) is 10.8 Å². The molecule has 82 valence electrons. The summed E-state index contributed by atoms with van der Waals surface area (Å²) in [6, 6.07) is 4.58. The van der Waals surface area contributed by atoms with E-state index >= 15 is 0 Å². The van der Waals surface area contributed by atoms with Crippen LogP contribution in [0.2, 0.25) is 0 Å². The van der Waals surface area contributed by atoms with Gasteiger partial charge in [0, 0.05) is 18.3 Å². The molecule has 0 aliphatic rings. The van der Waals surface area contributed by atoms with Crippen molar-refractivity contribution in [2.75, 3.05) is 19.0 Å². The molecule has 1 aromatic rings. The maximum atomic E-state index is 13.3. The summed E-state index contributed by atoms with van der Waals surface area (Å²) < 4.78 is 18.1. The van der Waals surface area contributed by atoms with Crippen LogP contribution >= 0.6 is 12.2 Å². The fourth-order valence-electron chi connectivity index (χ4n) is 1.08. The maximum Gasteiger partial charge on any atom is 0.170 e. The summed E-state index contributed by atoms with van der Waals surface area (Å²) in [4.78, 5) is 0. The second-order valence-electron chi connectivity index (χ2n) is 2.83. The van der Waals surface area contributed by atoms with Gasteiger partial charge in [-0.3, -0.25) is 0 Å². The van der Waals surface area contributed by atoms with Gasteiger partial charge >= 0.3 is 0 Å². The first kappa shape index (κ1) is 11.7. The van der Waals surface area contributed by atoms with Gasteiger partial charge in [0.2, 0.25) is 0 Å². The van der Waals surface area contributed by atoms with Crippen molar-refractivity contribution in [3.05, 3.63) is 24.0 Å². The van der Waals surface area contributed by atoms with Crippen molar-refractivity contribution in [2.24, 2.45) is 0 Å². The zero-order valence-corrected chi connectivity index (χ0v) is 9.45. The third-order valence-corrected chi connectivity index (χ3v) is 1.99. The van der Waals surface area contributed by atoms with Crippen LogP contribution in [0, 0.1) is 5.82 Å². The molecule has 0 unspecified atom stereocenters. The number of ether oxygens (including phenoxy) is 1. The van der Waals surface area contributed by atoms with Crippen molar-refractivity contribution >= 4 is 23.0 Å². The molecule has 15 heavy (non-hydrogen) atoms. The van der Waals surface area contributed by atoms with E-state index < -0.39 is 5.82 Å². The molecule has 0 amide bonds. The summed E-state index contributed by atoms with van der Waals surface area (Å²) in [5.41, 5.74) is 0.597. The Hall–Kier alpha value is -1.36. The van der Waals surface area contributed by atoms with E-state index in [0.717, 1.165) is 6.54 Å². The molecule has 1 aromatic carbocycles. The third-order valence-electron chi connectivity index (χ3n) is 1.75. The molecule has 0 saturated heterocycles. The molecule has 1 rings (SSSR count). The second-order valence-corrected chi connectivity index (χ2v) is 3.24. The Bertz CT molecular complexity index is 357. The molecule has 0 saturated carbocycles. The first-order chi connectivity index (χ1) is 7.17. The van der Waals surface area contributed by atoms with Gasteiger partial charge in [-0.05, 0) is 31.3 Å². The Morgan fingerprint density at radius 3 is 2.80 bits per heavy atom. The molecule has 2 N–H and O–H groups in total. The average molecular weight is 228 g/mol. The molecule has 0 aliphatic carbocycles. The van der Waals surface area contributed by atoms with Crippen LogP contribution in [0.15, 0.2) is 18.2 Å². The first-order valence-corrected chi connectivity index (χ1v) is 4.96. The number of halogens is 1. The normalized spacial score (nSPS) is 9.53. The van der Waals surface area contributed by atoms with Crippen molar-refractivity contribution in [3.8, 4) is 5.75 Å². The zero-order chi connectivity index (χ0) is 11.3. The van der Waals surface area contributed by atoms with Gasteiger partial charge < -0.3 is 15.4 Å². The fourth-order valence-corrected chi connectivity index (χ4v) is 1.34. The highest BCUT2D eigenvalue weighted by Crippen LogP contribution is 2.20. The molecule has 0 bridgehead atoms. The molecule has 0 aliphatic heterocycles. The predicted octanol–water partition coefficient (Wildman–Crippen LogP) is 2.14. The number of rotatable bonds is 3. The zero-order valence-electron chi connectivity index (χ0n) is 8.63. The monoisotopic (exact) mass is 228 g/mol. The minimum atomic E-state index is -0.415. The van der Waals surface area contributed by atoms with Crippen molar-refractivity contribution < 1.29 is 9.13 Å². The Kier molecular flexibility index (Phi) is 4.30. The topological polar surface area (TPSA) is 33.3 Å². The van der Waals surface area contributed by atoms with Crippen LogP contribution in [-0.2, 0) is 0 Å². The molecule has 0 aromatic heterocycles. The summed E-state index contributed by atoms with van der Waals surface area (Å²) in [6.45, 7) is 2.66. The number of nitrogens with one attached hydrogen (secondary N) is 2. The SMILES string of the molecule is CCNC(=S)Nc1ccc(OC)c(F)c1. The molecule has 0 fully saturated rings. The van der Waals surface area contributed by atoms with Crippen LogP contribution in [-0.4, -0.2) is 18.8 Å². The summed E-state index contributed by atoms with van der Waals surface area (Å²) in [7, 11) is 1.43. The van der Waals surface area contributed by atoms with Crippen molar-refractivity contribution in [1.29, 1.82) is 0 Å². The third kappa shape index (κ3) is 3.36. The minimum absolute atomic E-state index is 0.218. The fraction of sp³-hybridized carbons (Fsp3) is 0.300. The molecule has 5 heteroatoms. The molecule has 3 nitrogen and oxygen atoms in total. The molecule has 0 atom stereocenters.